The molecule has 2 aromatic rings. The first-order valence-corrected chi connectivity index (χ1v) is 11.8. The number of ether oxygens (including phenoxy) is 1. The van der Waals surface area contributed by atoms with Crippen LogP contribution in [0, 0.1) is 0 Å². The Morgan fingerprint density at radius 1 is 0.750 bits per heavy atom. The molecular weight excluding hydrogens is 372 g/mol. The summed E-state index contributed by atoms with van der Waals surface area (Å²) >= 11 is 0. The Morgan fingerprint density at radius 3 is 1.89 bits per heavy atom. The van der Waals surface area contributed by atoms with Crippen molar-refractivity contribution in [2.45, 2.75) is 24.2 Å². The molecule has 0 amide bonds. The van der Waals surface area contributed by atoms with Gasteiger partial charge >= 0.3 is 0 Å². The molecular formula is C22H28N2O3S. The maximum atomic E-state index is 12.7. The van der Waals surface area contributed by atoms with Crippen molar-refractivity contribution in [2.75, 3.05) is 54.9 Å². The van der Waals surface area contributed by atoms with E-state index in [0.29, 0.717) is 11.3 Å². The molecule has 5 nitrogen and oxygen atoms in total. The molecule has 0 unspecified atom stereocenters. The van der Waals surface area contributed by atoms with Crippen LogP contribution in [0.2, 0.25) is 0 Å². The summed E-state index contributed by atoms with van der Waals surface area (Å²) in [6.45, 7) is 5.45. The van der Waals surface area contributed by atoms with E-state index >= 15 is 0 Å². The van der Waals surface area contributed by atoms with Gasteiger partial charge in [-0.1, -0.05) is 12.1 Å². The van der Waals surface area contributed by atoms with E-state index in [1.807, 2.05) is 24.3 Å². The average molecular weight is 401 g/mol. The fourth-order valence-electron chi connectivity index (χ4n) is 3.90. The normalized spacial score (nSPS) is 17.9. The molecule has 0 aromatic heterocycles. The molecule has 0 saturated carbocycles. The molecule has 4 rings (SSSR count). The zero-order valence-electron chi connectivity index (χ0n) is 16.2. The maximum absolute atomic E-state index is 12.7. The Labute approximate surface area is 167 Å². The topological polar surface area (TPSA) is 49.9 Å². The first-order chi connectivity index (χ1) is 13.6. The van der Waals surface area contributed by atoms with Crippen molar-refractivity contribution in [3.8, 4) is 0 Å². The number of nitrogens with zero attached hydrogens (tertiary/aromatic N) is 2. The van der Waals surface area contributed by atoms with E-state index in [4.69, 9.17) is 4.74 Å². The van der Waals surface area contributed by atoms with Gasteiger partial charge in [-0.05, 0) is 61.2 Å². The van der Waals surface area contributed by atoms with Gasteiger partial charge in [0.2, 0.25) is 0 Å². The van der Waals surface area contributed by atoms with Crippen LogP contribution in [0.25, 0.3) is 0 Å². The van der Waals surface area contributed by atoms with Gasteiger partial charge in [-0.15, -0.1) is 0 Å². The van der Waals surface area contributed by atoms with Gasteiger partial charge in [0.1, 0.15) is 0 Å². The minimum atomic E-state index is -3.27. The molecule has 0 aliphatic carbocycles. The Kier molecular flexibility index (Phi) is 5.87. The number of aryl methyl sites for hydroxylation is 1. The molecule has 0 radical (unpaired) electrons. The van der Waals surface area contributed by atoms with Crippen LogP contribution in [-0.2, 0) is 21.0 Å². The number of hydrogen-bond donors (Lipinski definition) is 0. The van der Waals surface area contributed by atoms with E-state index in [0.717, 1.165) is 50.6 Å². The van der Waals surface area contributed by atoms with Crippen LogP contribution < -0.4 is 9.80 Å². The van der Waals surface area contributed by atoms with Crippen LogP contribution in [0.4, 0.5) is 11.4 Å². The highest BCUT2D eigenvalue weighted by atomic mass is 32.2. The second kappa shape index (κ2) is 8.53. The lowest BCUT2D eigenvalue weighted by Gasteiger charge is -2.28. The zero-order chi connectivity index (χ0) is 19.4. The second-order valence-electron chi connectivity index (χ2n) is 7.52. The molecule has 2 heterocycles. The van der Waals surface area contributed by atoms with Crippen LogP contribution in [0.5, 0.6) is 0 Å². The van der Waals surface area contributed by atoms with E-state index in [1.54, 1.807) is 12.1 Å². The smallest absolute Gasteiger partial charge is 0.178 e. The van der Waals surface area contributed by atoms with Gasteiger partial charge < -0.3 is 14.5 Å². The van der Waals surface area contributed by atoms with Gasteiger partial charge in [-0.3, -0.25) is 0 Å². The number of hydrogen-bond acceptors (Lipinski definition) is 5. The van der Waals surface area contributed by atoms with Crippen molar-refractivity contribution < 1.29 is 13.2 Å². The quantitative estimate of drug-likeness (QED) is 0.746. The number of sulfone groups is 1. The summed E-state index contributed by atoms with van der Waals surface area (Å²) in [4.78, 5) is 5.03. The molecule has 150 valence electrons. The molecule has 0 N–H and O–H groups in total. The van der Waals surface area contributed by atoms with E-state index in [1.165, 1.54) is 18.5 Å². The Hall–Kier alpha value is -2.05. The highest BCUT2D eigenvalue weighted by Gasteiger charge is 2.17. The summed E-state index contributed by atoms with van der Waals surface area (Å²) in [5.41, 5.74) is 3.34. The fourth-order valence-corrected chi connectivity index (χ4v) is 5.20. The zero-order valence-corrected chi connectivity index (χ0v) is 17.0. The lowest BCUT2D eigenvalue weighted by molar-refractivity contribution is 0.122. The molecule has 2 fully saturated rings. The Morgan fingerprint density at radius 2 is 1.29 bits per heavy atom. The highest BCUT2D eigenvalue weighted by molar-refractivity contribution is 7.91. The van der Waals surface area contributed by atoms with Gasteiger partial charge in [0.15, 0.2) is 9.84 Å². The van der Waals surface area contributed by atoms with Crippen molar-refractivity contribution in [3.05, 3.63) is 54.1 Å². The average Bonchev–Trinajstić information content (AvgIpc) is 3.28. The lowest BCUT2D eigenvalue weighted by Crippen LogP contribution is -2.36. The van der Waals surface area contributed by atoms with Gasteiger partial charge in [0, 0.05) is 37.6 Å². The van der Waals surface area contributed by atoms with Crippen LogP contribution in [0.1, 0.15) is 18.4 Å². The van der Waals surface area contributed by atoms with E-state index in [9.17, 15) is 8.42 Å². The number of benzene rings is 2. The van der Waals surface area contributed by atoms with E-state index in [2.05, 4.69) is 21.9 Å². The second-order valence-corrected chi connectivity index (χ2v) is 9.63. The van der Waals surface area contributed by atoms with Crippen molar-refractivity contribution in [1.29, 1.82) is 0 Å². The highest BCUT2D eigenvalue weighted by Crippen LogP contribution is 2.23. The largest absolute Gasteiger partial charge is 0.378 e. The van der Waals surface area contributed by atoms with E-state index < -0.39 is 9.84 Å². The summed E-state index contributed by atoms with van der Waals surface area (Å²) in [7, 11) is -3.27. The SMILES string of the molecule is O=S(=O)(CCc1ccc(N2CCOCC2)cc1)c1ccc(N2CCCC2)cc1. The molecule has 2 saturated heterocycles. The van der Waals surface area contributed by atoms with Crippen molar-refractivity contribution >= 4 is 21.2 Å². The van der Waals surface area contributed by atoms with Crippen LogP contribution >= 0.6 is 0 Å². The van der Waals surface area contributed by atoms with E-state index in [-0.39, 0.29) is 5.75 Å². The minimum Gasteiger partial charge on any atom is -0.378 e. The van der Waals surface area contributed by atoms with Crippen LogP contribution in [0.3, 0.4) is 0 Å². The van der Waals surface area contributed by atoms with Gasteiger partial charge in [0.25, 0.3) is 0 Å². The molecule has 2 aliphatic rings. The summed E-state index contributed by atoms with van der Waals surface area (Å²) in [6, 6.07) is 15.6. The number of anilines is 2. The predicted octanol–water partition coefficient (Wildman–Crippen LogP) is 3.14. The minimum absolute atomic E-state index is 0.132. The summed E-state index contributed by atoms with van der Waals surface area (Å²) in [5, 5.41) is 0. The van der Waals surface area contributed by atoms with Crippen molar-refractivity contribution in [2.24, 2.45) is 0 Å². The molecule has 0 bridgehead atoms. The molecule has 28 heavy (non-hydrogen) atoms. The van der Waals surface area contributed by atoms with Crippen LogP contribution in [0.15, 0.2) is 53.4 Å². The van der Waals surface area contributed by atoms with Crippen molar-refractivity contribution in [3.63, 3.8) is 0 Å². The number of morpholine rings is 1. The first kappa shape index (κ1) is 19.3. The Balaban J connectivity index is 1.36. The summed E-state index contributed by atoms with van der Waals surface area (Å²) < 4.78 is 30.8. The fraction of sp³-hybridized carbons (Fsp3) is 0.455. The molecule has 2 aromatic carbocycles. The Bertz CT molecular complexity index is 867. The molecule has 6 heteroatoms. The third-order valence-electron chi connectivity index (χ3n) is 5.64. The third kappa shape index (κ3) is 4.50. The monoisotopic (exact) mass is 400 g/mol. The first-order valence-electron chi connectivity index (χ1n) is 10.1. The third-order valence-corrected chi connectivity index (χ3v) is 7.37. The predicted molar refractivity (Wildman–Crippen MR) is 113 cm³/mol. The van der Waals surface area contributed by atoms with Gasteiger partial charge in [-0.2, -0.15) is 0 Å². The van der Waals surface area contributed by atoms with Crippen molar-refractivity contribution in [1.82, 2.24) is 0 Å². The molecule has 0 atom stereocenters. The summed E-state index contributed by atoms with van der Waals surface area (Å²) in [5.74, 6) is 0.132. The summed E-state index contributed by atoms with van der Waals surface area (Å²) in [6.07, 6.45) is 2.95. The van der Waals surface area contributed by atoms with Gasteiger partial charge in [0.05, 0.1) is 23.9 Å². The molecule has 0 spiro atoms. The lowest BCUT2D eigenvalue weighted by atomic mass is 10.1. The standard InChI is InChI=1S/C22H28N2O3S/c25-28(26,22-9-7-21(8-10-22)23-12-1-2-13-23)18-11-19-3-5-20(6-4-19)24-14-16-27-17-15-24/h3-10H,1-2,11-18H2. The molecule has 2 aliphatic heterocycles. The maximum Gasteiger partial charge on any atom is 0.178 e. The van der Waals surface area contributed by atoms with Gasteiger partial charge in [-0.25, -0.2) is 8.42 Å². The van der Waals surface area contributed by atoms with Crippen LogP contribution in [-0.4, -0.2) is 53.6 Å². The number of rotatable bonds is 6.